The summed E-state index contributed by atoms with van der Waals surface area (Å²) >= 11 is 0. The van der Waals surface area contributed by atoms with Crippen molar-refractivity contribution in [1.29, 1.82) is 10.5 Å². The normalized spacial score (nSPS) is 7.10. The standard InChI is InChI=1S/C7H8N2O/c1-2-3-10-6-7(4-8)5-9/h6H,2-3H2,1H3. The van der Waals surface area contributed by atoms with Gasteiger partial charge in [0, 0.05) is 0 Å². The fourth-order valence-corrected chi connectivity index (χ4v) is 0.338. The maximum absolute atomic E-state index is 8.20. The molecule has 0 aromatic heterocycles. The second kappa shape index (κ2) is 5.65. The first-order chi connectivity index (χ1) is 4.85. The predicted octanol–water partition coefficient (Wildman–Crippen LogP) is 1.34. The van der Waals surface area contributed by atoms with E-state index < -0.39 is 0 Å². The Morgan fingerprint density at radius 2 is 2.10 bits per heavy atom. The molecular formula is C7H8N2O. The van der Waals surface area contributed by atoms with Crippen LogP contribution in [0, 0.1) is 22.7 Å². The zero-order chi connectivity index (χ0) is 7.82. The van der Waals surface area contributed by atoms with Gasteiger partial charge in [0.1, 0.15) is 18.4 Å². The summed E-state index contributed by atoms with van der Waals surface area (Å²) in [5.74, 6) is 0. The van der Waals surface area contributed by atoms with Crippen LogP contribution in [0.15, 0.2) is 11.8 Å². The van der Waals surface area contributed by atoms with Gasteiger partial charge in [-0.25, -0.2) is 0 Å². The van der Waals surface area contributed by atoms with Gasteiger partial charge < -0.3 is 4.74 Å². The summed E-state index contributed by atoms with van der Waals surface area (Å²) < 4.78 is 4.82. The number of nitrogens with zero attached hydrogens (tertiary/aromatic N) is 2. The molecule has 0 unspecified atom stereocenters. The van der Waals surface area contributed by atoms with Gasteiger partial charge in [0.25, 0.3) is 0 Å². The second-order valence-electron chi connectivity index (χ2n) is 1.63. The molecule has 0 bridgehead atoms. The Bertz CT molecular complexity index is 179. The molecule has 0 saturated heterocycles. The fraction of sp³-hybridized carbons (Fsp3) is 0.429. The van der Waals surface area contributed by atoms with Crippen LogP contribution in [0.25, 0.3) is 0 Å². The molecule has 52 valence electrons. The molecule has 0 aromatic carbocycles. The first kappa shape index (κ1) is 8.52. The SMILES string of the molecule is CCCOC=C(C#N)C#N. The molecule has 0 spiro atoms. The first-order valence-corrected chi connectivity index (χ1v) is 2.97. The number of nitriles is 2. The monoisotopic (exact) mass is 136 g/mol. The molecule has 0 N–H and O–H groups in total. The molecule has 3 heteroatoms. The number of rotatable bonds is 3. The number of ether oxygens (including phenoxy) is 1. The average Bonchev–Trinajstić information content (AvgIpc) is 1.99. The maximum atomic E-state index is 8.20. The van der Waals surface area contributed by atoms with E-state index in [1.54, 1.807) is 12.1 Å². The van der Waals surface area contributed by atoms with Crippen LogP contribution < -0.4 is 0 Å². The van der Waals surface area contributed by atoms with Crippen molar-refractivity contribution >= 4 is 0 Å². The van der Waals surface area contributed by atoms with Crippen molar-refractivity contribution in [3.8, 4) is 12.1 Å². The van der Waals surface area contributed by atoms with Gasteiger partial charge in [-0.2, -0.15) is 10.5 Å². The third kappa shape index (κ3) is 3.51. The van der Waals surface area contributed by atoms with Crippen molar-refractivity contribution in [2.75, 3.05) is 6.61 Å². The van der Waals surface area contributed by atoms with Crippen LogP contribution in [0.3, 0.4) is 0 Å². The Hall–Kier alpha value is -1.48. The van der Waals surface area contributed by atoms with Crippen molar-refractivity contribution < 1.29 is 4.74 Å². The summed E-state index contributed by atoms with van der Waals surface area (Å²) in [4.78, 5) is 0. The van der Waals surface area contributed by atoms with E-state index in [-0.39, 0.29) is 5.57 Å². The molecular weight excluding hydrogens is 128 g/mol. The van der Waals surface area contributed by atoms with E-state index in [0.717, 1.165) is 6.42 Å². The Morgan fingerprint density at radius 3 is 2.50 bits per heavy atom. The molecule has 0 aliphatic heterocycles. The minimum atomic E-state index is 0.00782. The van der Waals surface area contributed by atoms with Crippen molar-refractivity contribution in [1.82, 2.24) is 0 Å². The summed E-state index contributed by atoms with van der Waals surface area (Å²) in [6, 6.07) is 3.37. The summed E-state index contributed by atoms with van der Waals surface area (Å²) in [6.07, 6.45) is 2.06. The number of hydrogen-bond donors (Lipinski definition) is 0. The van der Waals surface area contributed by atoms with Gasteiger partial charge in [-0.15, -0.1) is 0 Å². The van der Waals surface area contributed by atoms with Crippen LogP contribution in [0.5, 0.6) is 0 Å². The molecule has 0 atom stereocenters. The van der Waals surface area contributed by atoms with Crippen molar-refractivity contribution in [2.24, 2.45) is 0 Å². The highest BCUT2D eigenvalue weighted by atomic mass is 16.5. The Balaban J connectivity index is 3.71. The van der Waals surface area contributed by atoms with E-state index in [0.29, 0.717) is 6.61 Å². The van der Waals surface area contributed by atoms with E-state index in [1.807, 2.05) is 6.92 Å². The zero-order valence-electron chi connectivity index (χ0n) is 5.79. The summed E-state index contributed by atoms with van der Waals surface area (Å²) in [7, 11) is 0. The highest BCUT2D eigenvalue weighted by Gasteiger charge is 1.88. The summed E-state index contributed by atoms with van der Waals surface area (Å²) in [5, 5.41) is 16.4. The third-order valence-electron chi connectivity index (χ3n) is 0.764. The van der Waals surface area contributed by atoms with Gasteiger partial charge in [0.2, 0.25) is 0 Å². The van der Waals surface area contributed by atoms with Crippen LogP contribution in [0.2, 0.25) is 0 Å². The van der Waals surface area contributed by atoms with Crippen LogP contribution in [-0.2, 0) is 4.74 Å². The third-order valence-corrected chi connectivity index (χ3v) is 0.764. The lowest BCUT2D eigenvalue weighted by molar-refractivity contribution is 0.249. The number of allylic oxidation sites excluding steroid dienone is 1. The lowest BCUT2D eigenvalue weighted by Gasteiger charge is -1.93. The first-order valence-electron chi connectivity index (χ1n) is 2.97. The molecule has 0 rings (SSSR count). The molecule has 10 heavy (non-hydrogen) atoms. The Kier molecular flexibility index (Phi) is 4.82. The van der Waals surface area contributed by atoms with Crippen molar-refractivity contribution in [2.45, 2.75) is 13.3 Å². The molecule has 0 fully saturated rings. The van der Waals surface area contributed by atoms with Gasteiger partial charge >= 0.3 is 0 Å². The second-order valence-corrected chi connectivity index (χ2v) is 1.63. The van der Waals surface area contributed by atoms with E-state index in [9.17, 15) is 0 Å². The quantitative estimate of drug-likeness (QED) is 0.334. The maximum Gasteiger partial charge on any atom is 0.163 e. The number of hydrogen-bond acceptors (Lipinski definition) is 3. The fourth-order valence-electron chi connectivity index (χ4n) is 0.338. The topological polar surface area (TPSA) is 56.8 Å². The molecule has 0 radical (unpaired) electrons. The van der Waals surface area contributed by atoms with E-state index in [2.05, 4.69) is 0 Å². The van der Waals surface area contributed by atoms with Crippen molar-refractivity contribution in [3.63, 3.8) is 0 Å². The average molecular weight is 136 g/mol. The smallest absolute Gasteiger partial charge is 0.163 e. The highest BCUT2D eigenvalue weighted by Crippen LogP contribution is 1.90. The van der Waals surface area contributed by atoms with Gasteiger partial charge in [-0.3, -0.25) is 0 Å². The van der Waals surface area contributed by atoms with E-state index in [1.165, 1.54) is 6.26 Å². The summed E-state index contributed by atoms with van der Waals surface area (Å²) in [5.41, 5.74) is 0.00782. The molecule has 3 nitrogen and oxygen atoms in total. The Labute approximate surface area is 60.1 Å². The summed E-state index contributed by atoms with van der Waals surface area (Å²) in [6.45, 7) is 2.50. The van der Waals surface area contributed by atoms with E-state index in [4.69, 9.17) is 15.3 Å². The zero-order valence-corrected chi connectivity index (χ0v) is 5.79. The minimum absolute atomic E-state index is 0.00782. The highest BCUT2D eigenvalue weighted by molar-refractivity contribution is 5.33. The van der Waals surface area contributed by atoms with Gasteiger partial charge in [0.15, 0.2) is 5.57 Å². The van der Waals surface area contributed by atoms with Gasteiger partial charge in [0.05, 0.1) is 6.61 Å². The minimum Gasteiger partial charge on any atom is -0.499 e. The van der Waals surface area contributed by atoms with Gasteiger partial charge in [-0.05, 0) is 6.42 Å². The Morgan fingerprint density at radius 1 is 1.50 bits per heavy atom. The lowest BCUT2D eigenvalue weighted by Crippen LogP contribution is -1.84. The molecule has 0 heterocycles. The molecule has 0 saturated carbocycles. The van der Waals surface area contributed by atoms with Gasteiger partial charge in [-0.1, -0.05) is 6.92 Å². The molecule has 0 aliphatic carbocycles. The largest absolute Gasteiger partial charge is 0.499 e. The van der Waals surface area contributed by atoms with Crippen LogP contribution in [-0.4, -0.2) is 6.61 Å². The predicted molar refractivity (Wildman–Crippen MR) is 35.6 cm³/mol. The van der Waals surface area contributed by atoms with Crippen LogP contribution in [0.4, 0.5) is 0 Å². The van der Waals surface area contributed by atoms with Crippen molar-refractivity contribution in [3.05, 3.63) is 11.8 Å². The van der Waals surface area contributed by atoms with E-state index >= 15 is 0 Å². The molecule has 0 amide bonds. The van der Waals surface area contributed by atoms with Crippen LogP contribution >= 0.6 is 0 Å². The molecule has 0 aromatic rings. The lowest BCUT2D eigenvalue weighted by atomic mass is 10.4. The molecule has 0 aliphatic rings. The van der Waals surface area contributed by atoms with Crippen LogP contribution in [0.1, 0.15) is 13.3 Å².